The van der Waals surface area contributed by atoms with Crippen LogP contribution in [0, 0.1) is 0 Å². The lowest BCUT2D eigenvalue weighted by atomic mass is 10.1. The van der Waals surface area contributed by atoms with E-state index in [-0.39, 0.29) is 18.9 Å². The summed E-state index contributed by atoms with van der Waals surface area (Å²) >= 11 is 3.33. The number of carboxylic acid groups (broad SMARTS) is 1. The normalized spacial score (nSPS) is 10.0. The standard InChI is InChI=1S/C12H14BrNO3/c1-2-14(8-12(16)17)11(15)7-9-4-3-5-10(13)6-9/h3-6H,2,7-8H2,1H3,(H,16,17). The Kier molecular flexibility index (Phi) is 5.15. The highest BCUT2D eigenvalue weighted by Crippen LogP contribution is 2.12. The van der Waals surface area contributed by atoms with Gasteiger partial charge in [0.05, 0.1) is 6.42 Å². The minimum atomic E-state index is -0.991. The van der Waals surface area contributed by atoms with Gasteiger partial charge in [0.25, 0.3) is 0 Å². The minimum absolute atomic E-state index is 0.173. The third-order valence-electron chi connectivity index (χ3n) is 2.30. The molecule has 0 atom stereocenters. The summed E-state index contributed by atoms with van der Waals surface area (Å²) < 4.78 is 0.907. The number of benzene rings is 1. The third kappa shape index (κ3) is 4.56. The van der Waals surface area contributed by atoms with Gasteiger partial charge in [-0.05, 0) is 24.6 Å². The molecule has 0 aromatic heterocycles. The van der Waals surface area contributed by atoms with Gasteiger partial charge in [0.1, 0.15) is 6.54 Å². The average Bonchev–Trinajstić information content (AvgIpc) is 2.25. The van der Waals surface area contributed by atoms with Crippen molar-refractivity contribution in [2.75, 3.05) is 13.1 Å². The molecule has 0 saturated carbocycles. The summed E-state index contributed by atoms with van der Waals surface area (Å²) in [6.07, 6.45) is 0.223. The maximum absolute atomic E-state index is 11.8. The lowest BCUT2D eigenvalue weighted by Crippen LogP contribution is -2.36. The van der Waals surface area contributed by atoms with Crippen molar-refractivity contribution in [1.82, 2.24) is 4.90 Å². The number of aliphatic carboxylic acids is 1. The maximum Gasteiger partial charge on any atom is 0.323 e. The van der Waals surface area contributed by atoms with E-state index in [4.69, 9.17) is 5.11 Å². The van der Waals surface area contributed by atoms with Gasteiger partial charge in [0, 0.05) is 11.0 Å². The summed E-state index contributed by atoms with van der Waals surface area (Å²) in [6.45, 7) is 1.92. The smallest absolute Gasteiger partial charge is 0.323 e. The largest absolute Gasteiger partial charge is 0.480 e. The molecule has 5 heteroatoms. The van der Waals surface area contributed by atoms with E-state index >= 15 is 0 Å². The fourth-order valence-electron chi connectivity index (χ4n) is 1.47. The predicted octanol–water partition coefficient (Wildman–Crippen LogP) is 1.92. The van der Waals surface area contributed by atoms with Crippen LogP contribution in [0.1, 0.15) is 12.5 Å². The van der Waals surface area contributed by atoms with Gasteiger partial charge in [-0.2, -0.15) is 0 Å². The Morgan fingerprint density at radius 1 is 1.41 bits per heavy atom. The number of carboxylic acids is 1. The molecule has 0 unspecified atom stereocenters. The second-order valence-electron chi connectivity index (χ2n) is 3.61. The molecule has 4 nitrogen and oxygen atoms in total. The second kappa shape index (κ2) is 6.39. The molecular weight excluding hydrogens is 286 g/mol. The quantitative estimate of drug-likeness (QED) is 0.904. The highest BCUT2D eigenvalue weighted by molar-refractivity contribution is 9.10. The predicted molar refractivity (Wildman–Crippen MR) is 67.7 cm³/mol. The minimum Gasteiger partial charge on any atom is -0.480 e. The van der Waals surface area contributed by atoms with Crippen LogP contribution in [0.3, 0.4) is 0 Å². The fourth-order valence-corrected chi connectivity index (χ4v) is 1.92. The number of likely N-dealkylation sites (N-methyl/N-ethyl adjacent to an activating group) is 1. The number of hydrogen-bond donors (Lipinski definition) is 1. The number of hydrogen-bond acceptors (Lipinski definition) is 2. The zero-order chi connectivity index (χ0) is 12.8. The third-order valence-corrected chi connectivity index (χ3v) is 2.80. The van der Waals surface area contributed by atoms with Gasteiger partial charge in [0.2, 0.25) is 5.91 Å². The highest BCUT2D eigenvalue weighted by atomic mass is 79.9. The molecule has 0 saturated heterocycles. The van der Waals surface area contributed by atoms with Crippen LogP contribution in [0.4, 0.5) is 0 Å². The van der Waals surface area contributed by atoms with Gasteiger partial charge in [-0.25, -0.2) is 0 Å². The summed E-state index contributed by atoms with van der Waals surface area (Å²) in [4.78, 5) is 23.7. The Labute approximate surface area is 108 Å². The molecule has 1 rings (SSSR count). The van der Waals surface area contributed by atoms with Gasteiger partial charge in [0.15, 0.2) is 0 Å². The van der Waals surface area contributed by atoms with E-state index in [2.05, 4.69) is 15.9 Å². The number of carbonyl (C=O) groups is 2. The van der Waals surface area contributed by atoms with E-state index in [0.29, 0.717) is 6.54 Å². The number of carbonyl (C=O) groups excluding carboxylic acids is 1. The van der Waals surface area contributed by atoms with Crippen LogP contribution in [0.15, 0.2) is 28.7 Å². The molecule has 1 aromatic carbocycles. The molecule has 1 N–H and O–H groups in total. The molecular formula is C12H14BrNO3. The van der Waals surface area contributed by atoms with Crippen molar-refractivity contribution < 1.29 is 14.7 Å². The van der Waals surface area contributed by atoms with E-state index in [1.807, 2.05) is 24.3 Å². The lowest BCUT2D eigenvalue weighted by molar-refractivity contribution is -0.144. The number of amides is 1. The fraction of sp³-hybridized carbons (Fsp3) is 0.333. The molecule has 0 aliphatic heterocycles. The first kappa shape index (κ1) is 13.7. The topological polar surface area (TPSA) is 57.6 Å². The summed E-state index contributed by atoms with van der Waals surface area (Å²) in [7, 11) is 0. The lowest BCUT2D eigenvalue weighted by Gasteiger charge is -2.18. The van der Waals surface area contributed by atoms with Crippen LogP contribution >= 0.6 is 15.9 Å². The van der Waals surface area contributed by atoms with E-state index in [1.165, 1.54) is 4.90 Å². The van der Waals surface area contributed by atoms with Crippen molar-refractivity contribution >= 4 is 27.8 Å². The second-order valence-corrected chi connectivity index (χ2v) is 4.52. The first-order valence-electron chi connectivity index (χ1n) is 5.27. The number of halogens is 1. The molecule has 0 bridgehead atoms. The van der Waals surface area contributed by atoms with Crippen LogP contribution in [0.5, 0.6) is 0 Å². The van der Waals surface area contributed by atoms with Crippen molar-refractivity contribution in [3.05, 3.63) is 34.3 Å². The van der Waals surface area contributed by atoms with Crippen molar-refractivity contribution in [2.45, 2.75) is 13.3 Å². The molecule has 92 valence electrons. The molecule has 0 spiro atoms. The Balaban J connectivity index is 2.67. The molecule has 1 amide bonds. The maximum atomic E-state index is 11.8. The van der Waals surface area contributed by atoms with Crippen molar-refractivity contribution in [1.29, 1.82) is 0 Å². The van der Waals surface area contributed by atoms with Gasteiger partial charge in [-0.3, -0.25) is 9.59 Å². The molecule has 1 aromatic rings. The Morgan fingerprint density at radius 2 is 2.12 bits per heavy atom. The summed E-state index contributed by atoms with van der Waals surface area (Å²) in [5.74, 6) is -1.16. The molecule has 17 heavy (non-hydrogen) atoms. The Bertz CT molecular complexity index is 420. The highest BCUT2D eigenvalue weighted by Gasteiger charge is 2.15. The van der Waals surface area contributed by atoms with Crippen molar-refractivity contribution in [2.24, 2.45) is 0 Å². The molecule has 0 aliphatic carbocycles. The van der Waals surface area contributed by atoms with Crippen LogP contribution in [0.25, 0.3) is 0 Å². The zero-order valence-corrected chi connectivity index (χ0v) is 11.1. The van der Waals surface area contributed by atoms with E-state index in [9.17, 15) is 9.59 Å². The Hall–Kier alpha value is -1.36. The van der Waals surface area contributed by atoms with Gasteiger partial charge in [-0.15, -0.1) is 0 Å². The summed E-state index contributed by atoms with van der Waals surface area (Å²) in [5.41, 5.74) is 0.869. The van der Waals surface area contributed by atoms with Gasteiger partial charge < -0.3 is 10.0 Å². The van der Waals surface area contributed by atoms with E-state index < -0.39 is 5.97 Å². The molecule has 0 radical (unpaired) electrons. The summed E-state index contributed by atoms with van der Waals surface area (Å²) in [5, 5.41) is 8.67. The van der Waals surface area contributed by atoms with Crippen LogP contribution in [0.2, 0.25) is 0 Å². The van der Waals surface area contributed by atoms with Crippen LogP contribution < -0.4 is 0 Å². The van der Waals surface area contributed by atoms with Gasteiger partial charge in [-0.1, -0.05) is 28.1 Å². The molecule has 0 fully saturated rings. The SMILES string of the molecule is CCN(CC(=O)O)C(=O)Cc1cccc(Br)c1. The monoisotopic (exact) mass is 299 g/mol. The van der Waals surface area contributed by atoms with Crippen LogP contribution in [-0.2, 0) is 16.0 Å². The van der Waals surface area contributed by atoms with E-state index in [0.717, 1.165) is 10.0 Å². The molecule has 0 heterocycles. The summed E-state index contributed by atoms with van der Waals surface area (Å²) in [6, 6.07) is 7.42. The van der Waals surface area contributed by atoms with Crippen molar-refractivity contribution in [3.63, 3.8) is 0 Å². The first-order valence-corrected chi connectivity index (χ1v) is 6.06. The van der Waals surface area contributed by atoms with Crippen molar-refractivity contribution in [3.8, 4) is 0 Å². The van der Waals surface area contributed by atoms with Crippen LogP contribution in [-0.4, -0.2) is 35.0 Å². The zero-order valence-electron chi connectivity index (χ0n) is 9.52. The van der Waals surface area contributed by atoms with Gasteiger partial charge >= 0.3 is 5.97 Å². The number of rotatable bonds is 5. The first-order chi connectivity index (χ1) is 8.02. The average molecular weight is 300 g/mol. The Morgan fingerprint density at radius 3 is 2.65 bits per heavy atom. The number of nitrogens with zero attached hydrogens (tertiary/aromatic N) is 1. The molecule has 0 aliphatic rings. The van der Waals surface area contributed by atoms with E-state index in [1.54, 1.807) is 6.92 Å².